The van der Waals surface area contributed by atoms with E-state index in [-0.39, 0.29) is 0 Å². The summed E-state index contributed by atoms with van der Waals surface area (Å²) in [5.74, 6) is 0.413. The van der Waals surface area contributed by atoms with Gasteiger partial charge in [0.1, 0.15) is 5.75 Å². The Hall–Kier alpha value is -1.06. The Morgan fingerprint density at radius 2 is 1.65 bits per heavy atom. The van der Waals surface area contributed by atoms with Gasteiger partial charge in [-0.25, -0.2) is 0 Å². The molecule has 1 aromatic carbocycles. The van der Waals surface area contributed by atoms with Crippen molar-refractivity contribution in [2.24, 2.45) is 0 Å². The maximum Gasteiger partial charge on any atom is 0.120 e. The number of benzene rings is 1. The monoisotopic (exact) mass is 236 g/mol. The SMILES string of the molecule is CC.CN1CCN(Cc2ccccc2O)CC1. The van der Waals surface area contributed by atoms with Gasteiger partial charge in [0.2, 0.25) is 0 Å². The molecule has 1 heterocycles. The molecule has 0 atom stereocenters. The Morgan fingerprint density at radius 1 is 1.06 bits per heavy atom. The largest absolute Gasteiger partial charge is 0.508 e. The highest BCUT2D eigenvalue weighted by atomic mass is 16.3. The Kier molecular flexibility index (Phi) is 6.01. The van der Waals surface area contributed by atoms with E-state index >= 15 is 0 Å². The van der Waals surface area contributed by atoms with E-state index in [0.29, 0.717) is 5.75 Å². The summed E-state index contributed by atoms with van der Waals surface area (Å²) in [5, 5.41) is 9.66. The van der Waals surface area contributed by atoms with E-state index in [1.807, 2.05) is 32.0 Å². The van der Waals surface area contributed by atoms with Gasteiger partial charge >= 0.3 is 0 Å². The van der Waals surface area contributed by atoms with Gasteiger partial charge in [-0.1, -0.05) is 32.0 Å². The minimum Gasteiger partial charge on any atom is -0.508 e. The fourth-order valence-corrected chi connectivity index (χ4v) is 1.89. The lowest BCUT2D eigenvalue weighted by molar-refractivity contribution is 0.147. The molecule has 96 valence electrons. The lowest BCUT2D eigenvalue weighted by Gasteiger charge is -2.32. The van der Waals surface area contributed by atoms with Gasteiger partial charge in [0.25, 0.3) is 0 Å². The van der Waals surface area contributed by atoms with Crippen LogP contribution in [-0.4, -0.2) is 48.1 Å². The van der Waals surface area contributed by atoms with Gasteiger partial charge in [-0.15, -0.1) is 0 Å². The third kappa shape index (κ3) is 4.36. The number of phenolic OH excluding ortho intramolecular Hbond substituents is 1. The van der Waals surface area contributed by atoms with Crippen molar-refractivity contribution in [2.45, 2.75) is 20.4 Å². The van der Waals surface area contributed by atoms with Gasteiger partial charge in [-0.05, 0) is 13.1 Å². The highest BCUT2D eigenvalue weighted by molar-refractivity contribution is 5.31. The molecule has 0 saturated carbocycles. The average molecular weight is 236 g/mol. The lowest BCUT2D eigenvalue weighted by atomic mass is 10.2. The molecule has 1 aliphatic rings. The summed E-state index contributed by atoms with van der Waals surface area (Å²) in [5.41, 5.74) is 1.03. The van der Waals surface area contributed by atoms with Gasteiger partial charge in [0.05, 0.1) is 0 Å². The Bertz CT molecular complexity index is 320. The lowest BCUT2D eigenvalue weighted by Crippen LogP contribution is -2.43. The number of piperazine rings is 1. The number of hydrogen-bond acceptors (Lipinski definition) is 3. The van der Waals surface area contributed by atoms with E-state index in [4.69, 9.17) is 0 Å². The average Bonchev–Trinajstić information content (AvgIpc) is 2.37. The van der Waals surface area contributed by atoms with Crippen molar-refractivity contribution in [3.63, 3.8) is 0 Å². The van der Waals surface area contributed by atoms with Crippen molar-refractivity contribution in [1.82, 2.24) is 9.80 Å². The van der Waals surface area contributed by atoms with Crippen LogP contribution >= 0.6 is 0 Å². The van der Waals surface area contributed by atoms with Crippen molar-refractivity contribution in [3.05, 3.63) is 29.8 Å². The molecule has 0 aliphatic carbocycles. The molecule has 0 radical (unpaired) electrons. The molecule has 3 heteroatoms. The Morgan fingerprint density at radius 3 is 2.24 bits per heavy atom. The van der Waals surface area contributed by atoms with Crippen LogP contribution in [-0.2, 0) is 6.54 Å². The van der Waals surface area contributed by atoms with E-state index in [1.165, 1.54) is 0 Å². The third-order valence-electron chi connectivity index (χ3n) is 2.98. The molecule has 0 unspecified atom stereocenters. The normalized spacial score (nSPS) is 17.4. The maximum absolute atomic E-state index is 9.66. The quantitative estimate of drug-likeness (QED) is 0.852. The second-order valence-corrected chi connectivity index (χ2v) is 4.21. The fraction of sp³-hybridized carbons (Fsp3) is 0.571. The molecule has 0 spiro atoms. The van der Waals surface area contributed by atoms with Crippen molar-refractivity contribution in [3.8, 4) is 5.75 Å². The summed E-state index contributed by atoms with van der Waals surface area (Å²) in [6.45, 7) is 9.28. The standard InChI is InChI=1S/C12H18N2O.C2H6/c1-13-6-8-14(9-7-13)10-11-4-2-3-5-12(11)15;1-2/h2-5,15H,6-10H2,1H3;1-2H3. The third-order valence-corrected chi connectivity index (χ3v) is 2.98. The van der Waals surface area contributed by atoms with Crippen LogP contribution in [0.1, 0.15) is 19.4 Å². The van der Waals surface area contributed by atoms with Crippen LogP contribution in [0.25, 0.3) is 0 Å². The molecule has 0 bridgehead atoms. The number of rotatable bonds is 2. The van der Waals surface area contributed by atoms with Gasteiger partial charge in [0.15, 0.2) is 0 Å². The summed E-state index contributed by atoms with van der Waals surface area (Å²) in [6.07, 6.45) is 0. The second kappa shape index (κ2) is 7.30. The molecular formula is C14H24N2O. The highest BCUT2D eigenvalue weighted by Crippen LogP contribution is 2.18. The first kappa shape index (κ1) is 14.0. The summed E-state index contributed by atoms with van der Waals surface area (Å²) >= 11 is 0. The highest BCUT2D eigenvalue weighted by Gasteiger charge is 2.14. The zero-order valence-electron chi connectivity index (χ0n) is 11.2. The second-order valence-electron chi connectivity index (χ2n) is 4.21. The topological polar surface area (TPSA) is 26.7 Å². The summed E-state index contributed by atoms with van der Waals surface area (Å²) in [7, 11) is 2.15. The first-order valence-electron chi connectivity index (χ1n) is 6.43. The van der Waals surface area contributed by atoms with Crippen LogP contribution in [0.3, 0.4) is 0 Å². The predicted molar refractivity (Wildman–Crippen MR) is 72.2 cm³/mol. The van der Waals surface area contributed by atoms with Gasteiger partial charge in [-0.3, -0.25) is 4.90 Å². The number of para-hydroxylation sites is 1. The van der Waals surface area contributed by atoms with E-state index in [0.717, 1.165) is 38.3 Å². The number of nitrogens with zero attached hydrogens (tertiary/aromatic N) is 2. The molecule has 1 aromatic rings. The summed E-state index contributed by atoms with van der Waals surface area (Å²) < 4.78 is 0. The van der Waals surface area contributed by atoms with Gasteiger partial charge in [-0.2, -0.15) is 0 Å². The minimum atomic E-state index is 0.413. The molecule has 0 amide bonds. The first-order valence-corrected chi connectivity index (χ1v) is 6.43. The van der Waals surface area contributed by atoms with Crippen molar-refractivity contribution >= 4 is 0 Å². The van der Waals surface area contributed by atoms with E-state index in [1.54, 1.807) is 6.07 Å². The Balaban J connectivity index is 0.000000686. The van der Waals surface area contributed by atoms with Crippen LogP contribution in [0, 0.1) is 0 Å². The van der Waals surface area contributed by atoms with Crippen LogP contribution in [0.5, 0.6) is 5.75 Å². The van der Waals surface area contributed by atoms with Crippen LogP contribution in [0.4, 0.5) is 0 Å². The smallest absolute Gasteiger partial charge is 0.120 e. The summed E-state index contributed by atoms with van der Waals surface area (Å²) in [4.78, 5) is 4.72. The zero-order valence-corrected chi connectivity index (χ0v) is 11.2. The fourth-order valence-electron chi connectivity index (χ4n) is 1.89. The summed E-state index contributed by atoms with van der Waals surface area (Å²) in [6, 6.07) is 7.59. The van der Waals surface area contributed by atoms with Crippen molar-refractivity contribution in [2.75, 3.05) is 33.2 Å². The molecule has 1 N–H and O–H groups in total. The minimum absolute atomic E-state index is 0.413. The number of likely N-dealkylation sites (N-methyl/N-ethyl adjacent to an activating group) is 1. The van der Waals surface area contributed by atoms with Crippen molar-refractivity contribution < 1.29 is 5.11 Å². The van der Waals surface area contributed by atoms with Gasteiger partial charge in [0, 0.05) is 38.3 Å². The molecule has 0 aromatic heterocycles. The molecule has 1 saturated heterocycles. The van der Waals surface area contributed by atoms with E-state index < -0.39 is 0 Å². The molecule has 2 rings (SSSR count). The zero-order chi connectivity index (χ0) is 12.7. The molecule has 17 heavy (non-hydrogen) atoms. The molecule has 1 fully saturated rings. The van der Waals surface area contributed by atoms with Crippen LogP contribution in [0.2, 0.25) is 0 Å². The first-order chi connectivity index (χ1) is 8.25. The molecule has 3 nitrogen and oxygen atoms in total. The maximum atomic E-state index is 9.66. The van der Waals surface area contributed by atoms with Crippen molar-refractivity contribution in [1.29, 1.82) is 0 Å². The van der Waals surface area contributed by atoms with Gasteiger partial charge < -0.3 is 10.0 Å². The number of hydrogen-bond donors (Lipinski definition) is 1. The van der Waals surface area contributed by atoms with Crippen LogP contribution in [0.15, 0.2) is 24.3 Å². The molecular weight excluding hydrogens is 212 g/mol. The van der Waals surface area contributed by atoms with E-state index in [9.17, 15) is 5.11 Å². The van der Waals surface area contributed by atoms with Crippen LogP contribution < -0.4 is 0 Å². The number of phenols is 1. The van der Waals surface area contributed by atoms with E-state index in [2.05, 4.69) is 16.8 Å². The predicted octanol–water partition coefficient (Wildman–Crippen LogP) is 2.17. The molecule has 1 aliphatic heterocycles. The Labute approximate surface area is 105 Å². The number of aromatic hydroxyl groups is 1.